The number of carbonyl (C=O) groups is 2. The highest BCUT2D eigenvalue weighted by Gasteiger charge is 2.29. The number of nitrogens with zero attached hydrogens (tertiary/aromatic N) is 2. The van der Waals surface area contributed by atoms with Crippen LogP contribution in [0, 0.1) is 26.6 Å². The van der Waals surface area contributed by atoms with E-state index in [1.165, 1.54) is 29.3 Å². The number of hydrogen-bond donors (Lipinski definition) is 1. The standard InChI is InChI=1S/C27H28FN3O2/c1-18-8-11-25(24(14-18)29-26(32)22-6-4-7-23(28)16-22)31-13-5-12-30(27(31)33)17-21-10-9-19(2)20(3)15-21/h4,6-11,14-16H,5,12-13,17H2,1-3H3,(H,29,32). The van der Waals surface area contributed by atoms with E-state index < -0.39 is 11.7 Å². The molecule has 1 aliphatic heterocycles. The van der Waals surface area contributed by atoms with Gasteiger partial charge in [0, 0.05) is 25.2 Å². The molecule has 1 saturated heterocycles. The smallest absolute Gasteiger partial charge is 0.320 e. The highest BCUT2D eigenvalue weighted by atomic mass is 19.1. The van der Waals surface area contributed by atoms with Gasteiger partial charge in [-0.2, -0.15) is 0 Å². The summed E-state index contributed by atoms with van der Waals surface area (Å²) in [7, 11) is 0. The molecule has 0 saturated carbocycles. The Bertz CT molecular complexity index is 1210. The number of urea groups is 1. The van der Waals surface area contributed by atoms with Crippen LogP contribution in [0.25, 0.3) is 0 Å². The van der Waals surface area contributed by atoms with E-state index in [9.17, 15) is 14.0 Å². The molecular formula is C27H28FN3O2. The van der Waals surface area contributed by atoms with Crippen molar-refractivity contribution in [1.82, 2.24) is 4.90 Å². The first-order valence-electron chi connectivity index (χ1n) is 11.1. The lowest BCUT2D eigenvalue weighted by atomic mass is 10.1. The Balaban J connectivity index is 1.58. The third kappa shape index (κ3) is 5.06. The molecule has 3 aromatic carbocycles. The fourth-order valence-corrected chi connectivity index (χ4v) is 4.08. The molecule has 1 heterocycles. The maximum atomic E-state index is 13.6. The van der Waals surface area contributed by atoms with Gasteiger partial charge < -0.3 is 10.2 Å². The van der Waals surface area contributed by atoms with Crippen molar-refractivity contribution in [2.45, 2.75) is 33.7 Å². The Labute approximate surface area is 193 Å². The SMILES string of the molecule is Cc1ccc(N2CCCN(Cc3ccc(C)c(C)c3)C2=O)c(NC(=O)c2cccc(F)c2)c1. The Morgan fingerprint density at radius 1 is 0.970 bits per heavy atom. The van der Waals surface area contributed by atoms with Gasteiger partial charge in [0.2, 0.25) is 0 Å². The Morgan fingerprint density at radius 2 is 1.79 bits per heavy atom. The summed E-state index contributed by atoms with van der Waals surface area (Å²) in [5, 5.41) is 2.87. The van der Waals surface area contributed by atoms with Crippen LogP contribution in [0.1, 0.15) is 39.0 Å². The van der Waals surface area contributed by atoms with Crippen molar-refractivity contribution in [3.05, 3.63) is 94.3 Å². The third-order valence-electron chi connectivity index (χ3n) is 6.03. The molecule has 1 fully saturated rings. The predicted molar refractivity (Wildman–Crippen MR) is 129 cm³/mol. The molecular weight excluding hydrogens is 417 g/mol. The monoisotopic (exact) mass is 445 g/mol. The summed E-state index contributed by atoms with van der Waals surface area (Å²) in [6, 6.07) is 17.3. The minimum Gasteiger partial charge on any atom is -0.320 e. The molecule has 1 N–H and O–H groups in total. The van der Waals surface area contributed by atoms with Gasteiger partial charge in [0.25, 0.3) is 5.91 Å². The molecule has 1 aliphatic rings. The second-order valence-corrected chi connectivity index (χ2v) is 8.61. The van der Waals surface area contributed by atoms with Crippen LogP contribution in [0.15, 0.2) is 60.7 Å². The Kier molecular flexibility index (Phi) is 6.45. The van der Waals surface area contributed by atoms with Gasteiger partial charge in [-0.15, -0.1) is 0 Å². The average molecular weight is 446 g/mol. The number of aryl methyl sites for hydroxylation is 3. The summed E-state index contributed by atoms with van der Waals surface area (Å²) in [4.78, 5) is 29.7. The molecule has 170 valence electrons. The van der Waals surface area contributed by atoms with Crippen molar-refractivity contribution in [3.8, 4) is 0 Å². The fraction of sp³-hybridized carbons (Fsp3) is 0.259. The molecule has 4 rings (SSSR count). The number of benzene rings is 3. The first-order valence-corrected chi connectivity index (χ1v) is 11.1. The number of halogens is 1. The highest BCUT2D eigenvalue weighted by molar-refractivity contribution is 6.07. The van der Waals surface area contributed by atoms with Crippen molar-refractivity contribution in [3.63, 3.8) is 0 Å². The minimum atomic E-state index is -0.472. The van der Waals surface area contributed by atoms with E-state index >= 15 is 0 Å². The highest BCUT2D eigenvalue weighted by Crippen LogP contribution is 2.31. The van der Waals surface area contributed by atoms with Crippen LogP contribution in [0.2, 0.25) is 0 Å². The first kappa shape index (κ1) is 22.5. The molecule has 0 aliphatic carbocycles. The fourth-order valence-electron chi connectivity index (χ4n) is 4.08. The second kappa shape index (κ2) is 9.45. The van der Waals surface area contributed by atoms with Gasteiger partial charge in [0.1, 0.15) is 5.82 Å². The summed E-state index contributed by atoms with van der Waals surface area (Å²) in [5.74, 6) is -0.891. The molecule has 3 aromatic rings. The minimum absolute atomic E-state index is 0.0930. The lowest BCUT2D eigenvalue weighted by Crippen LogP contribution is -2.49. The van der Waals surface area contributed by atoms with Crippen molar-refractivity contribution < 1.29 is 14.0 Å². The van der Waals surface area contributed by atoms with Crippen LogP contribution in [0.3, 0.4) is 0 Å². The summed E-state index contributed by atoms with van der Waals surface area (Å²) in [6.07, 6.45) is 0.821. The van der Waals surface area contributed by atoms with E-state index in [-0.39, 0.29) is 11.6 Å². The van der Waals surface area contributed by atoms with E-state index in [0.717, 1.165) is 17.5 Å². The summed E-state index contributed by atoms with van der Waals surface area (Å²) < 4.78 is 13.6. The second-order valence-electron chi connectivity index (χ2n) is 8.61. The quantitative estimate of drug-likeness (QED) is 0.537. The molecule has 0 atom stereocenters. The van der Waals surface area contributed by atoms with E-state index in [0.29, 0.717) is 31.0 Å². The average Bonchev–Trinajstić information content (AvgIpc) is 2.78. The molecule has 6 heteroatoms. The van der Waals surface area contributed by atoms with Crippen LogP contribution in [-0.4, -0.2) is 29.9 Å². The zero-order valence-electron chi connectivity index (χ0n) is 19.2. The van der Waals surface area contributed by atoms with Gasteiger partial charge in [-0.1, -0.05) is 30.3 Å². The van der Waals surface area contributed by atoms with Crippen LogP contribution in [0.4, 0.5) is 20.6 Å². The summed E-state index contributed by atoms with van der Waals surface area (Å²) in [5.41, 5.74) is 5.87. The van der Waals surface area contributed by atoms with E-state index in [2.05, 4.69) is 37.4 Å². The van der Waals surface area contributed by atoms with Crippen molar-refractivity contribution in [2.75, 3.05) is 23.3 Å². The predicted octanol–water partition coefficient (Wildman–Crippen LogP) is 5.84. The number of amides is 3. The van der Waals surface area contributed by atoms with E-state index in [1.54, 1.807) is 11.0 Å². The van der Waals surface area contributed by atoms with E-state index in [4.69, 9.17) is 0 Å². The number of hydrogen-bond acceptors (Lipinski definition) is 2. The van der Waals surface area contributed by atoms with Crippen LogP contribution < -0.4 is 10.2 Å². The normalized spacial score (nSPS) is 13.9. The van der Waals surface area contributed by atoms with Crippen molar-refractivity contribution in [1.29, 1.82) is 0 Å². The maximum absolute atomic E-state index is 13.6. The topological polar surface area (TPSA) is 52.6 Å². The Hall–Kier alpha value is -3.67. The van der Waals surface area contributed by atoms with Crippen molar-refractivity contribution >= 4 is 23.3 Å². The van der Waals surface area contributed by atoms with Crippen molar-refractivity contribution in [2.24, 2.45) is 0 Å². The lowest BCUT2D eigenvalue weighted by molar-refractivity contribution is 0.102. The molecule has 0 aromatic heterocycles. The van der Waals surface area contributed by atoms with Gasteiger partial charge in [-0.3, -0.25) is 9.69 Å². The summed E-state index contributed by atoms with van der Waals surface area (Å²) in [6.45, 7) is 7.85. The number of carbonyl (C=O) groups excluding carboxylic acids is 2. The first-order chi connectivity index (χ1) is 15.8. The number of anilines is 2. The van der Waals surface area contributed by atoms with E-state index in [1.807, 2.05) is 30.0 Å². The molecule has 5 nitrogen and oxygen atoms in total. The van der Waals surface area contributed by atoms with Gasteiger partial charge in [0.05, 0.1) is 11.4 Å². The number of nitrogens with one attached hydrogen (secondary N) is 1. The van der Waals surface area contributed by atoms with Crippen LogP contribution in [0.5, 0.6) is 0 Å². The maximum Gasteiger partial charge on any atom is 0.324 e. The molecule has 0 radical (unpaired) electrons. The van der Waals surface area contributed by atoms with Gasteiger partial charge in [-0.25, -0.2) is 9.18 Å². The molecule has 0 unspecified atom stereocenters. The molecule has 33 heavy (non-hydrogen) atoms. The Morgan fingerprint density at radius 3 is 2.55 bits per heavy atom. The van der Waals surface area contributed by atoms with Gasteiger partial charge >= 0.3 is 6.03 Å². The molecule has 0 bridgehead atoms. The van der Waals surface area contributed by atoms with Crippen LogP contribution >= 0.6 is 0 Å². The largest absolute Gasteiger partial charge is 0.324 e. The zero-order valence-corrected chi connectivity index (χ0v) is 19.2. The lowest BCUT2D eigenvalue weighted by Gasteiger charge is -2.36. The summed E-state index contributed by atoms with van der Waals surface area (Å²) >= 11 is 0. The van der Waals surface area contributed by atoms with Crippen LogP contribution in [-0.2, 0) is 6.54 Å². The zero-order chi connectivity index (χ0) is 23.5. The van der Waals surface area contributed by atoms with Gasteiger partial charge in [0.15, 0.2) is 0 Å². The van der Waals surface area contributed by atoms with Gasteiger partial charge in [-0.05, 0) is 79.8 Å². The molecule has 3 amide bonds. The number of rotatable bonds is 5. The molecule has 0 spiro atoms. The third-order valence-corrected chi connectivity index (χ3v) is 6.03.